The maximum Gasteiger partial charge on any atom is 0.231 e. The number of hydrogen-bond acceptors (Lipinski definition) is 4. The molecule has 0 bridgehead atoms. The lowest BCUT2D eigenvalue weighted by Gasteiger charge is -2.07. The molecule has 0 atom stereocenters. The van der Waals surface area contributed by atoms with Crippen molar-refractivity contribution >= 4 is 21.8 Å². The molecule has 0 saturated heterocycles. The SMILES string of the molecule is O=C(CCBr)NCCOc1ccc2c(c1)OCO2. The van der Waals surface area contributed by atoms with Crippen LogP contribution >= 0.6 is 15.9 Å². The molecule has 6 heteroatoms. The predicted molar refractivity (Wildman–Crippen MR) is 69.5 cm³/mol. The van der Waals surface area contributed by atoms with E-state index < -0.39 is 0 Å². The summed E-state index contributed by atoms with van der Waals surface area (Å²) in [5.41, 5.74) is 0. The molecule has 0 saturated carbocycles. The first kappa shape index (κ1) is 13.0. The zero-order chi connectivity index (χ0) is 12.8. The summed E-state index contributed by atoms with van der Waals surface area (Å²) in [6.07, 6.45) is 0.476. The molecule has 0 fully saturated rings. The van der Waals surface area contributed by atoms with Crippen LogP contribution in [-0.2, 0) is 4.79 Å². The molecule has 1 heterocycles. The Bertz CT molecular complexity index is 425. The van der Waals surface area contributed by atoms with Gasteiger partial charge in [-0.2, -0.15) is 0 Å². The highest BCUT2D eigenvalue weighted by atomic mass is 79.9. The van der Waals surface area contributed by atoms with Crippen LogP contribution in [0.3, 0.4) is 0 Å². The second-order valence-electron chi connectivity index (χ2n) is 3.65. The molecule has 5 nitrogen and oxygen atoms in total. The third-order valence-electron chi connectivity index (χ3n) is 2.36. The third kappa shape index (κ3) is 3.53. The van der Waals surface area contributed by atoms with Crippen molar-refractivity contribution in [3.63, 3.8) is 0 Å². The summed E-state index contributed by atoms with van der Waals surface area (Å²) < 4.78 is 15.9. The number of carbonyl (C=O) groups excluding carboxylic acids is 1. The van der Waals surface area contributed by atoms with Crippen molar-refractivity contribution in [3.05, 3.63) is 18.2 Å². The van der Waals surface area contributed by atoms with E-state index in [9.17, 15) is 4.79 Å². The summed E-state index contributed by atoms with van der Waals surface area (Å²) in [5.74, 6) is 2.14. The summed E-state index contributed by atoms with van der Waals surface area (Å²) in [4.78, 5) is 11.2. The van der Waals surface area contributed by atoms with Gasteiger partial charge in [-0.1, -0.05) is 15.9 Å². The molecule has 0 radical (unpaired) electrons. The number of ether oxygens (including phenoxy) is 3. The second kappa shape index (κ2) is 6.49. The zero-order valence-corrected chi connectivity index (χ0v) is 11.4. The average Bonchev–Trinajstić information content (AvgIpc) is 2.82. The van der Waals surface area contributed by atoms with E-state index in [2.05, 4.69) is 21.2 Å². The van der Waals surface area contributed by atoms with Crippen LogP contribution in [0, 0.1) is 0 Å². The van der Waals surface area contributed by atoms with Crippen LogP contribution in [0.2, 0.25) is 0 Å². The van der Waals surface area contributed by atoms with Gasteiger partial charge in [0.15, 0.2) is 11.5 Å². The largest absolute Gasteiger partial charge is 0.492 e. The third-order valence-corrected chi connectivity index (χ3v) is 2.76. The van der Waals surface area contributed by atoms with Gasteiger partial charge < -0.3 is 19.5 Å². The second-order valence-corrected chi connectivity index (χ2v) is 4.45. The Balaban J connectivity index is 1.72. The molecule has 1 aromatic rings. The molecule has 98 valence electrons. The van der Waals surface area contributed by atoms with Gasteiger partial charge >= 0.3 is 0 Å². The average molecular weight is 316 g/mol. The fourth-order valence-electron chi connectivity index (χ4n) is 1.50. The standard InChI is InChI=1S/C12H14BrNO4/c13-4-3-12(15)14-5-6-16-9-1-2-10-11(7-9)18-8-17-10/h1-2,7H,3-6,8H2,(H,14,15). The number of hydrogen-bond donors (Lipinski definition) is 1. The van der Waals surface area contributed by atoms with Crippen LogP contribution < -0.4 is 19.5 Å². The zero-order valence-electron chi connectivity index (χ0n) is 9.78. The highest BCUT2D eigenvalue weighted by molar-refractivity contribution is 9.09. The summed E-state index contributed by atoms with van der Waals surface area (Å²) in [6.45, 7) is 1.16. The maximum atomic E-state index is 11.2. The number of fused-ring (bicyclic) bond motifs is 1. The Labute approximate surface area is 114 Å². The van der Waals surface area contributed by atoms with Crippen molar-refractivity contribution in [2.75, 3.05) is 25.3 Å². The fourth-order valence-corrected chi connectivity index (χ4v) is 1.86. The normalized spacial score (nSPS) is 12.3. The minimum atomic E-state index is 0.0150. The topological polar surface area (TPSA) is 56.8 Å². The van der Waals surface area contributed by atoms with Crippen LogP contribution in [0.5, 0.6) is 17.2 Å². The Morgan fingerprint density at radius 2 is 2.22 bits per heavy atom. The van der Waals surface area contributed by atoms with Gasteiger partial charge in [0.1, 0.15) is 12.4 Å². The fraction of sp³-hybridized carbons (Fsp3) is 0.417. The number of nitrogens with one attached hydrogen (secondary N) is 1. The summed E-state index contributed by atoms with van der Waals surface area (Å²) >= 11 is 3.21. The maximum absolute atomic E-state index is 11.2. The van der Waals surface area contributed by atoms with Crippen LogP contribution in [0.1, 0.15) is 6.42 Å². The highest BCUT2D eigenvalue weighted by Gasteiger charge is 2.13. The molecular weight excluding hydrogens is 302 g/mol. The molecule has 1 amide bonds. The molecule has 18 heavy (non-hydrogen) atoms. The number of benzene rings is 1. The molecule has 0 spiro atoms. The Kier molecular flexibility index (Phi) is 4.69. The number of carbonyl (C=O) groups is 1. The molecule has 0 aromatic heterocycles. The number of rotatable bonds is 6. The first-order chi connectivity index (χ1) is 8.79. The van der Waals surface area contributed by atoms with Gasteiger partial charge in [0.25, 0.3) is 0 Å². The van der Waals surface area contributed by atoms with Crippen LogP contribution in [0.25, 0.3) is 0 Å². The Morgan fingerprint density at radius 3 is 3.06 bits per heavy atom. The number of halogens is 1. The lowest BCUT2D eigenvalue weighted by atomic mass is 10.3. The first-order valence-electron chi connectivity index (χ1n) is 5.64. The Hall–Kier alpha value is -1.43. The van der Waals surface area contributed by atoms with Gasteiger partial charge in [-0.15, -0.1) is 0 Å². The van der Waals surface area contributed by atoms with E-state index in [-0.39, 0.29) is 12.7 Å². The first-order valence-corrected chi connectivity index (χ1v) is 6.77. The minimum Gasteiger partial charge on any atom is -0.492 e. The van der Waals surface area contributed by atoms with Gasteiger partial charge in [0, 0.05) is 17.8 Å². The van der Waals surface area contributed by atoms with Crippen molar-refractivity contribution in [3.8, 4) is 17.2 Å². The summed E-state index contributed by atoms with van der Waals surface area (Å²) in [7, 11) is 0. The van der Waals surface area contributed by atoms with Gasteiger partial charge in [0.2, 0.25) is 12.7 Å². The number of amides is 1. The molecule has 1 aliphatic rings. The predicted octanol–water partition coefficient (Wildman–Crippen LogP) is 1.70. The molecular formula is C12H14BrNO4. The van der Waals surface area contributed by atoms with E-state index in [1.807, 2.05) is 6.07 Å². The molecule has 1 N–H and O–H groups in total. The van der Waals surface area contributed by atoms with E-state index >= 15 is 0 Å². The van der Waals surface area contributed by atoms with E-state index in [1.165, 1.54) is 0 Å². The van der Waals surface area contributed by atoms with E-state index in [0.717, 1.165) is 5.75 Å². The van der Waals surface area contributed by atoms with Gasteiger partial charge in [-0.3, -0.25) is 4.79 Å². The molecule has 0 aliphatic carbocycles. The van der Waals surface area contributed by atoms with Gasteiger partial charge in [0.05, 0.1) is 6.54 Å². The van der Waals surface area contributed by atoms with Crippen molar-refractivity contribution < 1.29 is 19.0 Å². The van der Waals surface area contributed by atoms with Crippen molar-refractivity contribution in [2.24, 2.45) is 0 Å². The van der Waals surface area contributed by atoms with Gasteiger partial charge in [-0.05, 0) is 12.1 Å². The Morgan fingerprint density at radius 1 is 1.39 bits per heavy atom. The van der Waals surface area contributed by atoms with E-state index in [4.69, 9.17) is 14.2 Å². The lowest BCUT2D eigenvalue weighted by molar-refractivity contribution is -0.120. The van der Waals surface area contributed by atoms with E-state index in [1.54, 1.807) is 12.1 Å². The van der Waals surface area contributed by atoms with Crippen molar-refractivity contribution in [1.29, 1.82) is 0 Å². The summed E-state index contributed by atoms with van der Waals surface area (Å²) in [6, 6.07) is 5.40. The quantitative estimate of drug-likeness (QED) is 0.641. The molecule has 0 unspecified atom stereocenters. The van der Waals surface area contributed by atoms with Crippen molar-refractivity contribution in [2.45, 2.75) is 6.42 Å². The lowest BCUT2D eigenvalue weighted by Crippen LogP contribution is -2.28. The number of alkyl halides is 1. The minimum absolute atomic E-state index is 0.0150. The molecule has 2 rings (SSSR count). The van der Waals surface area contributed by atoms with Crippen LogP contribution in [0.15, 0.2) is 18.2 Å². The smallest absolute Gasteiger partial charge is 0.231 e. The van der Waals surface area contributed by atoms with Crippen LogP contribution in [-0.4, -0.2) is 31.2 Å². The molecule has 1 aliphatic heterocycles. The monoisotopic (exact) mass is 315 g/mol. The highest BCUT2D eigenvalue weighted by Crippen LogP contribution is 2.34. The van der Waals surface area contributed by atoms with E-state index in [0.29, 0.717) is 36.4 Å². The molecule has 1 aromatic carbocycles. The van der Waals surface area contributed by atoms with Crippen molar-refractivity contribution in [1.82, 2.24) is 5.32 Å². The van der Waals surface area contributed by atoms with Gasteiger partial charge in [-0.25, -0.2) is 0 Å². The summed E-state index contributed by atoms with van der Waals surface area (Å²) in [5, 5.41) is 3.42. The van der Waals surface area contributed by atoms with Crippen LogP contribution in [0.4, 0.5) is 0 Å².